The van der Waals surface area contributed by atoms with Crippen LogP contribution in [0.25, 0.3) is 0 Å². The fraction of sp³-hybridized carbons (Fsp3) is 0.571. The quantitative estimate of drug-likeness (QED) is 0.861. The molecule has 1 aromatic heterocycles. The number of fused-ring (bicyclic) bond motifs is 1. The Kier molecular flexibility index (Phi) is 3.55. The molecule has 0 unspecified atom stereocenters. The Morgan fingerprint density at radius 3 is 2.63 bits per heavy atom. The number of allylic oxidation sites excluding steroid dienone is 2. The van der Waals surface area contributed by atoms with E-state index >= 15 is 0 Å². The summed E-state index contributed by atoms with van der Waals surface area (Å²) in [5, 5.41) is 2.52. The molecule has 2 N–H and O–H groups in total. The first-order valence-electron chi connectivity index (χ1n) is 6.85. The zero-order valence-electron chi connectivity index (χ0n) is 10.9. The van der Waals surface area contributed by atoms with Gasteiger partial charge in [0.25, 0.3) is 0 Å². The molecule has 0 aromatic carbocycles. The third-order valence-corrected chi connectivity index (χ3v) is 4.86. The highest BCUT2D eigenvalue weighted by Crippen LogP contribution is 2.33. The minimum atomic E-state index is 0.265. The van der Waals surface area contributed by atoms with Crippen molar-refractivity contribution in [2.75, 3.05) is 18.8 Å². The number of rotatable bonds is 3. The summed E-state index contributed by atoms with van der Waals surface area (Å²) >= 11 is 1.44. The first-order valence-corrected chi connectivity index (χ1v) is 7.73. The highest BCUT2D eigenvalue weighted by molar-refractivity contribution is 7.13. The molecule has 1 aliphatic heterocycles. The van der Waals surface area contributed by atoms with Crippen LogP contribution in [0.15, 0.2) is 17.5 Å². The molecular formula is C14H19N3OS. The molecule has 4 nitrogen and oxygen atoms in total. The van der Waals surface area contributed by atoms with Crippen LogP contribution in [0.4, 0.5) is 5.13 Å². The molecule has 0 bridgehead atoms. The van der Waals surface area contributed by atoms with Crippen LogP contribution in [0.3, 0.4) is 0 Å². The second kappa shape index (κ2) is 5.33. The first kappa shape index (κ1) is 12.7. The number of amides is 1. The number of aromatic nitrogens is 1. The summed E-state index contributed by atoms with van der Waals surface area (Å²) in [4.78, 5) is 18.5. The molecule has 2 heterocycles. The third kappa shape index (κ3) is 2.81. The molecule has 1 amide bonds. The van der Waals surface area contributed by atoms with E-state index in [0.717, 1.165) is 31.6 Å². The molecular weight excluding hydrogens is 258 g/mol. The van der Waals surface area contributed by atoms with E-state index in [-0.39, 0.29) is 5.91 Å². The van der Waals surface area contributed by atoms with Gasteiger partial charge < -0.3 is 10.6 Å². The minimum absolute atomic E-state index is 0.265. The number of hydrogen-bond acceptors (Lipinski definition) is 4. The van der Waals surface area contributed by atoms with Gasteiger partial charge in [-0.05, 0) is 31.1 Å². The maximum absolute atomic E-state index is 12.2. The Labute approximate surface area is 117 Å². The Morgan fingerprint density at radius 2 is 2.05 bits per heavy atom. The first-order chi connectivity index (χ1) is 9.22. The predicted molar refractivity (Wildman–Crippen MR) is 76.8 cm³/mol. The highest BCUT2D eigenvalue weighted by Gasteiger charge is 2.34. The molecule has 1 aliphatic carbocycles. The molecule has 0 spiro atoms. The molecule has 102 valence electrons. The van der Waals surface area contributed by atoms with Crippen molar-refractivity contribution in [3.63, 3.8) is 0 Å². The second-order valence-corrected chi connectivity index (χ2v) is 6.33. The lowest BCUT2D eigenvalue weighted by atomic mass is 9.86. The molecule has 2 atom stereocenters. The summed E-state index contributed by atoms with van der Waals surface area (Å²) in [7, 11) is 0. The van der Waals surface area contributed by atoms with Crippen LogP contribution in [-0.2, 0) is 11.2 Å². The van der Waals surface area contributed by atoms with Gasteiger partial charge >= 0.3 is 0 Å². The largest absolute Gasteiger partial charge is 0.375 e. The number of carbonyl (C=O) groups excluding carboxylic acids is 1. The average Bonchev–Trinajstić information content (AvgIpc) is 3.01. The molecule has 3 rings (SSSR count). The molecule has 1 aromatic rings. The number of hydrogen-bond donors (Lipinski definition) is 1. The monoisotopic (exact) mass is 277 g/mol. The van der Waals surface area contributed by atoms with Gasteiger partial charge in [0, 0.05) is 24.9 Å². The fourth-order valence-electron chi connectivity index (χ4n) is 3.05. The molecule has 1 fully saturated rings. The summed E-state index contributed by atoms with van der Waals surface area (Å²) in [5.74, 6) is 1.63. The van der Waals surface area contributed by atoms with Crippen molar-refractivity contribution in [1.29, 1.82) is 0 Å². The number of nitrogens with zero attached hydrogens (tertiary/aromatic N) is 2. The van der Waals surface area contributed by atoms with Crippen molar-refractivity contribution in [1.82, 2.24) is 9.88 Å². The molecule has 2 aliphatic rings. The molecule has 5 heteroatoms. The van der Waals surface area contributed by atoms with Crippen LogP contribution in [0, 0.1) is 11.8 Å². The zero-order chi connectivity index (χ0) is 13.2. The van der Waals surface area contributed by atoms with Crippen molar-refractivity contribution in [2.45, 2.75) is 25.7 Å². The molecule has 19 heavy (non-hydrogen) atoms. The summed E-state index contributed by atoms with van der Waals surface area (Å²) in [5.41, 5.74) is 6.53. The van der Waals surface area contributed by atoms with Crippen molar-refractivity contribution in [2.24, 2.45) is 11.8 Å². The summed E-state index contributed by atoms with van der Waals surface area (Å²) in [6, 6.07) is 0. The van der Waals surface area contributed by atoms with Crippen LogP contribution < -0.4 is 5.73 Å². The molecule has 1 saturated heterocycles. The third-order valence-electron chi connectivity index (χ3n) is 4.14. The minimum Gasteiger partial charge on any atom is -0.375 e. The molecule has 0 saturated carbocycles. The molecule has 0 radical (unpaired) electrons. The standard InChI is InChI=1S/C14H19N3OS/c15-14-16-12(9-19-14)5-6-13(18)17-7-10-3-1-2-4-11(10)8-17/h1-2,9-11H,3-8H2,(H2,15,16)/t10-,11+. The number of carbonyl (C=O) groups is 1. The van der Waals surface area contributed by atoms with Crippen LogP contribution in [0.1, 0.15) is 25.0 Å². The maximum atomic E-state index is 12.2. The van der Waals surface area contributed by atoms with E-state index in [1.54, 1.807) is 0 Å². The number of thiazole rings is 1. The van der Waals surface area contributed by atoms with E-state index in [9.17, 15) is 4.79 Å². The Bertz CT molecular complexity index is 481. The lowest BCUT2D eigenvalue weighted by Crippen LogP contribution is -2.29. The van der Waals surface area contributed by atoms with Gasteiger partial charge in [-0.15, -0.1) is 11.3 Å². The predicted octanol–water partition coefficient (Wildman–Crippen LogP) is 2.08. The van der Waals surface area contributed by atoms with Crippen LogP contribution in [0.2, 0.25) is 0 Å². The summed E-state index contributed by atoms with van der Waals surface area (Å²) in [6.45, 7) is 1.88. The topological polar surface area (TPSA) is 59.2 Å². The van der Waals surface area contributed by atoms with Gasteiger partial charge in [0.2, 0.25) is 5.91 Å². The van der Waals surface area contributed by atoms with E-state index in [4.69, 9.17) is 5.73 Å². The Balaban J connectivity index is 1.51. The van der Waals surface area contributed by atoms with Crippen molar-refractivity contribution in [3.8, 4) is 0 Å². The van der Waals surface area contributed by atoms with Crippen LogP contribution >= 0.6 is 11.3 Å². The average molecular weight is 277 g/mol. The summed E-state index contributed by atoms with van der Waals surface area (Å²) < 4.78 is 0. The van der Waals surface area contributed by atoms with Crippen LogP contribution in [0.5, 0.6) is 0 Å². The fourth-order valence-corrected chi connectivity index (χ4v) is 3.65. The van der Waals surface area contributed by atoms with E-state index in [2.05, 4.69) is 17.1 Å². The lowest BCUT2D eigenvalue weighted by molar-refractivity contribution is -0.130. The maximum Gasteiger partial charge on any atom is 0.222 e. The van der Waals surface area contributed by atoms with Gasteiger partial charge in [-0.3, -0.25) is 4.79 Å². The normalized spacial score (nSPS) is 25.6. The SMILES string of the molecule is Nc1nc(CCC(=O)N2C[C@H]3CC=CC[C@H]3C2)cs1. The van der Waals surface area contributed by atoms with Gasteiger partial charge in [0.15, 0.2) is 5.13 Å². The van der Waals surface area contributed by atoms with Gasteiger partial charge in [-0.2, -0.15) is 0 Å². The number of likely N-dealkylation sites (tertiary alicyclic amines) is 1. The van der Waals surface area contributed by atoms with Crippen molar-refractivity contribution in [3.05, 3.63) is 23.2 Å². The van der Waals surface area contributed by atoms with Gasteiger partial charge in [-0.1, -0.05) is 12.2 Å². The number of anilines is 1. The number of nitrogens with two attached hydrogens (primary N) is 1. The lowest BCUT2D eigenvalue weighted by Gasteiger charge is -2.17. The second-order valence-electron chi connectivity index (χ2n) is 5.44. The van der Waals surface area contributed by atoms with Gasteiger partial charge in [0.1, 0.15) is 0 Å². The Morgan fingerprint density at radius 1 is 1.37 bits per heavy atom. The van der Waals surface area contributed by atoms with Gasteiger partial charge in [-0.25, -0.2) is 4.98 Å². The number of nitrogen functional groups attached to an aromatic ring is 1. The van der Waals surface area contributed by atoms with E-state index in [1.807, 2.05) is 10.3 Å². The van der Waals surface area contributed by atoms with Crippen LogP contribution in [-0.4, -0.2) is 28.9 Å². The van der Waals surface area contributed by atoms with Crippen molar-refractivity contribution >= 4 is 22.4 Å². The Hall–Kier alpha value is -1.36. The van der Waals surface area contributed by atoms with E-state index in [0.29, 0.717) is 29.8 Å². The van der Waals surface area contributed by atoms with Crippen molar-refractivity contribution < 1.29 is 4.79 Å². The highest BCUT2D eigenvalue weighted by atomic mass is 32.1. The van der Waals surface area contributed by atoms with E-state index in [1.165, 1.54) is 11.3 Å². The smallest absolute Gasteiger partial charge is 0.222 e. The zero-order valence-corrected chi connectivity index (χ0v) is 11.7. The summed E-state index contributed by atoms with van der Waals surface area (Å²) in [6.07, 6.45) is 8.04. The van der Waals surface area contributed by atoms with E-state index < -0.39 is 0 Å². The van der Waals surface area contributed by atoms with Gasteiger partial charge in [0.05, 0.1) is 5.69 Å². The number of aryl methyl sites for hydroxylation is 1.